The molecule has 0 aliphatic rings. The Balaban J connectivity index is 3.36. The van der Waals surface area contributed by atoms with Gasteiger partial charge in [0, 0.05) is 6.42 Å². The predicted molar refractivity (Wildman–Crippen MR) is 40.3 cm³/mol. The molecule has 1 atom stereocenters. The van der Waals surface area contributed by atoms with Gasteiger partial charge in [-0.2, -0.15) is 0 Å². The Bertz CT molecular complexity index is 117. The first-order chi connectivity index (χ1) is 5.22. The van der Waals surface area contributed by atoms with Crippen molar-refractivity contribution in [3.63, 3.8) is 0 Å². The number of rotatable bonds is 5. The van der Waals surface area contributed by atoms with Gasteiger partial charge < -0.3 is 16.2 Å². The molecular weight excluding hydrogens is 144 g/mol. The Morgan fingerprint density at radius 2 is 2.18 bits per heavy atom. The average molecular weight is 162 g/mol. The Kier molecular flexibility index (Phi) is 5.78. The van der Waals surface area contributed by atoms with E-state index in [-0.39, 0.29) is 12.0 Å². The number of hydrogen-bond acceptors (Lipinski definition) is 2. The molecule has 0 aliphatic carbocycles. The molecule has 0 unspecified atom stereocenters. The fourth-order valence-corrected chi connectivity index (χ4v) is 0.852. The van der Waals surface area contributed by atoms with Crippen molar-refractivity contribution < 1.29 is 21.0 Å². The van der Waals surface area contributed by atoms with Gasteiger partial charge in [-0.25, -0.2) is 4.79 Å². The molecule has 0 radical (unpaired) electrons. The number of hydrogen-bond donors (Lipinski definition) is 2. The summed E-state index contributed by atoms with van der Waals surface area (Å²) in [5.74, 6) is -0.214. The highest BCUT2D eigenvalue weighted by Gasteiger charge is 2.16. The Morgan fingerprint density at radius 1 is 1.55 bits per heavy atom. The molecule has 4 nitrogen and oxygen atoms in total. The zero-order chi connectivity index (χ0) is 8.69. The van der Waals surface area contributed by atoms with Crippen LogP contribution in [0.25, 0.3) is 0 Å². The molecule has 0 aliphatic heterocycles. The maximum absolute atomic E-state index is 10.8. The van der Waals surface area contributed by atoms with E-state index in [4.69, 9.17) is 0 Å². The highest BCUT2D eigenvalue weighted by molar-refractivity contribution is 5.73. The van der Waals surface area contributed by atoms with Crippen LogP contribution in [-0.4, -0.2) is 25.7 Å². The molecule has 0 aromatic rings. The predicted octanol–water partition coefficient (Wildman–Crippen LogP) is -1.82. The topological polar surface area (TPSA) is 81.6 Å². The van der Waals surface area contributed by atoms with Crippen molar-refractivity contribution >= 4 is 5.97 Å². The average Bonchev–Trinajstić information content (AvgIpc) is 2.03. The zero-order valence-corrected chi connectivity index (χ0v) is 7.14. The second kappa shape index (κ2) is 6.12. The maximum atomic E-state index is 10.8. The van der Waals surface area contributed by atoms with Crippen LogP contribution in [0.3, 0.4) is 0 Å². The Morgan fingerprint density at radius 3 is 2.64 bits per heavy atom. The summed E-state index contributed by atoms with van der Waals surface area (Å²) in [6, 6.07) is -0.202. The highest BCUT2D eigenvalue weighted by atomic mass is 16.5. The SMILES string of the molecule is COC(=O)[C@H]([NH3+])CCCC[NH3+]. The maximum Gasteiger partial charge on any atom is 0.364 e. The minimum Gasteiger partial charge on any atom is -0.465 e. The van der Waals surface area contributed by atoms with E-state index < -0.39 is 0 Å². The lowest BCUT2D eigenvalue weighted by atomic mass is 10.1. The largest absolute Gasteiger partial charge is 0.465 e. The quantitative estimate of drug-likeness (QED) is 0.369. The minimum absolute atomic E-state index is 0.202. The van der Waals surface area contributed by atoms with Gasteiger partial charge in [0.05, 0.1) is 13.7 Å². The molecule has 0 aromatic carbocycles. The normalized spacial score (nSPS) is 12.6. The summed E-state index contributed by atoms with van der Waals surface area (Å²) < 4.78 is 4.53. The van der Waals surface area contributed by atoms with Crippen LogP contribution < -0.4 is 11.5 Å². The molecule has 0 rings (SSSR count). The molecule has 0 bridgehead atoms. The first-order valence-corrected chi connectivity index (χ1v) is 3.92. The van der Waals surface area contributed by atoms with Gasteiger partial charge in [0.1, 0.15) is 0 Å². The fraction of sp³-hybridized carbons (Fsp3) is 0.857. The van der Waals surface area contributed by atoms with E-state index in [1.54, 1.807) is 0 Å². The second-order valence-corrected chi connectivity index (χ2v) is 2.57. The summed E-state index contributed by atoms with van der Waals surface area (Å²) >= 11 is 0. The third-order valence-corrected chi connectivity index (χ3v) is 1.59. The molecule has 6 N–H and O–H groups in total. The Hall–Kier alpha value is -0.610. The minimum atomic E-state index is -0.214. The van der Waals surface area contributed by atoms with E-state index in [0.717, 1.165) is 25.8 Å². The van der Waals surface area contributed by atoms with E-state index in [2.05, 4.69) is 16.2 Å². The van der Waals surface area contributed by atoms with Crippen LogP contribution in [0.1, 0.15) is 19.3 Å². The second-order valence-electron chi connectivity index (χ2n) is 2.57. The summed E-state index contributed by atoms with van der Waals surface area (Å²) in [5.41, 5.74) is 7.40. The number of methoxy groups -OCH3 is 1. The van der Waals surface area contributed by atoms with Crippen molar-refractivity contribution in [3.05, 3.63) is 0 Å². The van der Waals surface area contributed by atoms with E-state index in [1.807, 2.05) is 0 Å². The van der Waals surface area contributed by atoms with Crippen LogP contribution >= 0.6 is 0 Å². The smallest absolute Gasteiger partial charge is 0.364 e. The molecule has 4 heteroatoms. The number of ether oxygens (including phenoxy) is 1. The van der Waals surface area contributed by atoms with Crippen LogP contribution in [-0.2, 0) is 9.53 Å². The lowest BCUT2D eigenvalue weighted by molar-refractivity contribution is -0.410. The number of carbonyl (C=O) groups is 1. The molecule has 0 spiro atoms. The third-order valence-electron chi connectivity index (χ3n) is 1.59. The van der Waals surface area contributed by atoms with Crippen molar-refractivity contribution in [3.8, 4) is 0 Å². The van der Waals surface area contributed by atoms with Crippen molar-refractivity contribution in [2.45, 2.75) is 25.3 Å². The standard InChI is InChI=1S/C7H16N2O2/c1-11-7(10)6(9)4-2-3-5-8/h6H,2-5,8-9H2,1H3/p+2/t6-/m1/s1. The van der Waals surface area contributed by atoms with Crippen LogP contribution in [0, 0.1) is 0 Å². The zero-order valence-electron chi connectivity index (χ0n) is 7.14. The molecule has 0 saturated carbocycles. The van der Waals surface area contributed by atoms with Gasteiger partial charge >= 0.3 is 5.97 Å². The summed E-state index contributed by atoms with van der Waals surface area (Å²) in [5, 5.41) is 0. The lowest BCUT2D eigenvalue weighted by Crippen LogP contribution is -2.65. The van der Waals surface area contributed by atoms with Gasteiger partial charge in [0.2, 0.25) is 0 Å². The monoisotopic (exact) mass is 162 g/mol. The molecule has 0 fully saturated rings. The summed E-state index contributed by atoms with van der Waals surface area (Å²) in [6.07, 6.45) is 2.87. The van der Waals surface area contributed by atoms with Crippen LogP contribution in [0.4, 0.5) is 0 Å². The molecule has 0 amide bonds. The van der Waals surface area contributed by atoms with Gasteiger partial charge in [-0.3, -0.25) is 0 Å². The third kappa shape index (κ3) is 4.75. The van der Waals surface area contributed by atoms with Crippen LogP contribution in [0.2, 0.25) is 0 Å². The molecule has 0 aromatic heterocycles. The van der Waals surface area contributed by atoms with E-state index in [9.17, 15) is 4.79 Å². The fourth-order valence-electron chi connectivity index (χ4n) is 0.852. The molecule has 66 valence electrons. The molecule has 0 saturated heterocycles. The number of carbonyl (C=O) groups excluding carboxylic acids is 1. The first kappa shape index (κ1) is 10.4. The summed E-state index contributed by atoms with van der Waals surface area (Å²) in [7, 11) is 1.39. The summed E-state index contributed by atoms with van der Waals surface area (Å²) in [4.78, 5) is 10.8. The van der Waals surface area contributed by atoms with Crippen molar-refractivity contribution in [1.82, 2.24) is 0 Å². The Labute approximate surface area is 66.9 Å². The van der Waals surface area contributed by atoms with Crippen LogP contribution in [0.15, 0.2) is 0 Å². The highest BCUT2D eigenvalue weighted by Crippen LogP contribution is 1.96. The molecule has 0 heterocycles. The van der Waals surface area contributed by atoms with Gasteiger partial charge in [-0.05, 0) is 12.8 Å². The van der Waals surface area contributed by atoms with E-state index >= 15 is 0 Å². The molecule has 11 heavy (non-hydrogen) atoms. The van der Waals surface area contributed by atoms with Crippen molar-refractivity contribution in [2.24, 2.45) is 0 Å². The lowest BCUT2D eigenvalue weighted by Gasteiger charge is -2.03. The van der Waals surface area contributed by atoms with Gasteiger partial charge in [-0.15, -0.1) is 0 Å². The molecular formula is C7H18N2O2+2. The number of unbranched alkanes of at least 4 members (excludes halogenated alkanes) is 1. The van der Waals surface area contributed by atoms with Crippen molar-refractivity contribution in [2.75, 3.05) is 13.7 Å². The van der Waals surface area contributed by atoms with Gasteiger partial charge in [0.15, 0.2) is 6.04 Å². The number of esters is 1. The van der Waals surface area contributed by atoms with Gasteiger partial charge in [0.25, 0.3) is 0 Å². The van der Waals surface area contributed by atoms with Crippen molar-refractivity contribution in [1.29, 1.82) is 0 Å². The van der Waals surface area contributed by atoms with Crippen LogP contribution in [0.5, 0.6) is 0 Å². The van der Waals surface area contributed by atoms with E-state index in [0.29, 0.717) is 0 Å². The van der Waals surface area contributed by atoms with E-state index in [1.165, 1.54) is 7.11 Å². The van der Waals surface area contributed by atoms with Gasteiger partial charge in [-0.1, -0.05) is 0 Å². The first-order valence-electron chi connectivity index (χ1n) is 3.92. The number of quaternary nitrogens is 2. The summed E-state index contributed by atoms with van der Waals surface area (Å²) in [6.45, 7) is 0.924.